The van der Waals surface area contributed by atoms with Crippen LogP contribution in [0, 0.1) is 0 Å². The van der Waals surface area contributed by atoms with Crippen LogP contribution in [0.2, 0.25) is 0 Å². The van der Waals surface area contributed by atoms with Gasteiger partial charge in [-0.1, -0.05) is 142 Å². The molecular formula is C37H76N2O6P+. The van der Waals surface area contributed by atoms with Crippen LogP contribution in [-0.2, 0) is 18.4 Å². The van der Waals surface area contributed by atoms with Crippen LogP contribution in [0.1, 0.15) is 168 Å². The van der Waals surface area contributed by atoms with Gasteiger partial charge in [-0.3, -0.25) is 13.8 Å². The van der Waals surface area contributed by atoms with Crippen LogP contribution >= 0.6 is 7.82 Å². The first kappa shape index (κ1) is 45.2. The van der Waals surface area contributed by atoms with Crippen LogP contribution in [0.4, 0.5) is 0 Å². The van der Waals surface area contributed by atoms with E-state index in [4.69, 9.17) is 9.05 Å². The molecular weight excluding hydrogens is 599 g/mol. The van der Waals surface area contributed by atoms with Gasteiger partial charge in [0, 0.05) is 6.42 Å². The average Bonchev–Trinajstić information content (AvgIpc) is 2.99. The third-order valence-corrected chi connectivity index (χ3v) is 9.50. The van der Waals surface area contributed by atoms with Crippen molar-refractivity contribution in [2.75, 3.05) is 40.9 Å². The molecule has 0 radical (unpaired) electrons. The topological polar surface area (TPSA) is 105 Å². The summed E-state index contributed by atoms with van der Waals surface area (Å²) < 4.78 is 23.5. The fourth-order valence-corrected chi connectivity index (χ4v) is 6.14. The van der Waals surface area contributed by atoms with Crippen molar-refractivity contribution in [2.45, 2.75) is 180 Å². The van der Waals surface area contributed by atoms with Crippen LogP contribution < -0.4 is 5.32 Å². The number of phosphoric ester groups is 1. The number of unbranched alkanes of at least 4 members (excludes halogenated alkanes) is 19. The summed E-state index contributed by atoms with van der Waals surface area (Å²) in [5, 5.41) is 13.8. The van der Waals surface area contributed by atoms with Crippen LogP contribution in [-0.4, -0.2) is 73.4 Å². The van der Waals surface area contributed by atoms with Gasteiger partial charge in [-0.25, -0.2) is 4.57 Å². The Morgan fingerprint density at radius 3 is 1.67 bits per heavy atom. The van der Waals surface area contributed by atoms with E-state index < -0.39 is 20.0 Å². The van der Waals surface area contributed by atoms with Crippen LogP contribution in [0.5, 0.6) is 0 Å². The normalized spacial score (nSPS) is 14.8. The number of hydrogen-bond donors (Lipinski definition) is 3. The third-order valence-electron chi connectivity index (χ3n) is 8.51. The first-order chi connectivity index (χ1) is 22.0. The molecule has 0 saturated heterocycles. The van der Waals surface area contributed by atoms with Crippen molar-refractivity contribution in [1.29, 1.82) is 0 Å². The monoisotopic (exact) mass is 676 g/mol. The highest BCUT2D eigenvalue weighted by Gasteiger charge is 2.28. The van der Waals surface area contributed by atoms with Gasteiger partial charge < -0.3 is 19.8 Å². The Labute approximate surface area is 284 Å². The van der Waals surface area contributed by atoms with Crippen molar-refractivity contribution < 1.29 is 32.9 Å². The number of likely N-dealkylation sites (N-methyl/N-ethyl adjacent to an activating group) is 1. The highest BCUT2D eigenvalue weighted by atomic mass is 31.2. The first-order valence-electron chi connectivity index (χ1n) is 19.1. The zero-order valence-corrected chi connectivity index (χ0v) is 31.7. The van der Waals surface area contributed by atoms with Crippen LogP contribution in [0.15, 0.2) is 12.2 Å². The number of quaternary nitrogens is 1. The molecule has 0 fully saturated rings. The maximum Gasteiger partial charge on any atom is 0.472 e. The summed E-state index contributed by atoms with van der Waals surface area (Å²) in [5.41, 5.74) is 0. The number of allylic oxidation sites excluding steroid dienone is 2. The molecule has 3 N–H and O–H groups in total. The molecule has 0 aliphatic heterocycles. The number of amides is 1. The molecule has 0 saturated carbocycles. The van der Waals surface area contributed by atoms with Gasteiger partial charge in [0.25, 0.3) is 0 Å². The summed E-state index contributed by atoms with van der Waals surface area (Å²) in [6.45, 7) is 4.81. The molecule has 0 aromatic heterocycles. The van der Waals surface area contributed by atoms with E-state index in [0.29, 0.717) is 30.3 Å². The maximum absolute atomic E-state index is 12.7. The van der Waals surface area contributed by atoms with E-state index in [1.807, 2.05) is 21.1 Å². The molecule has 0 heterocycles. The molecule has 1 amide bonds. The fraction of sp³-hybridized carbons (Fsp3) is 0.919. The Morgan fingerprint density at radius 2 is 1.17 bits per heavy atom. The van der Waals surface area contributed by atoms with Crippen molar-refractivity contribution in [2.24, 2.45) is 0 Å². The molecule has 0 aromatic carbocycles. The second-order valence-electron chi connectivity index (χ2n) is 14.3. The highest BCUT2D eigenvalue weighted by molar-refractivity contribution is 7.47. The Kier molecular flexibility index (Phi) is 29.8. The smallest absolute Gasteiger partial charge is 0.391 e. The number of aliphatic hydroxyl groups is 1. The van der Waals surface area contributed by atoms with Crippen LogP contribution in [0.3, 0.4) is 0 Å². The molecule has 0 aliphatic rings. The molecule has 3 atom stereocenters. The van der Waals surface area contributed by atoms with Crippen molar-refractivity contribution in [1.82, 2.24) is 5.32 Å². The average molecular weight is 676 g/mol. The summed E-state index contributed by atoms with van der Waals surface area (Å²) >= 11 is 0. The van der Waals surface area contributed by atoms with E-state index in [1.54, 1.807) is 0 Å². The standard InChI is InChI=1S/C37H75N2O6P/c1-6-8-10-12-14-16-17-18-19-20-21-23-24-26-28-30-36(40)35(34-45-46(42,43)44-33-32-39(3,4)5)38-37(41)31-29-27-25-22-15-13-11-9-7-2/h22,25,35-36,40H,6-21,23-24,26-34H2,1-5H3,(H-,38,41,42,43)/p+1/b25-22-. The number of rotatable bonds is 34. The molecule has 0 aromatic rings. The van der Waals surface area contributed by atoms with Crippen molar-refractivity contribution >= 4 is 13.7 Å². The SMILES string of the molecule is CCCCCC/C=C\CCCC(=O)NC(COP(=O)(O)OCC[N+](C)(C)C)C(O)CCCCCCCCCCCCCCCCC. The second kappa shape index (κ2) is 30.3. The summed E-state index contributed by atoms with van der Waals surface area (Å²) in [6.07, 6.45) is 31.0. The van der Waals surface area contributed by atoms with E-state index in [1.165, 1.54) is 103 Å². The number of hydrogen-bond acceptors (Lipinski definition) is 5. The molecule has 3 unspecified atom stereocenters. The van der Waals surface area contributed by atoms with E-state index in [-0.39, 0.29) is 19.1 Å². The predicted octanol–water partition coefficient (Wildman–Crippen LogP) is 9.63. The number of nitrogens with one attached hydrogen (secondary N) is 1. The Balaban J connectivity index is 4.45. The number of phosphoric acid groups is 1. The molecule has 0 aliphatic carbocycles. The molecule has 8 nitrogen and oxygen atoms in total. The Hall–Kier alpha value is -0.760. The lowest BCUT2D eigenvalue weighted by molar-refractivity contribution is -0.870. The third kappa shape index (κ3) is 31.8. The molecule has 0 rings (SSSR count). The van der Waals surface area contributed by atoms with Crippen molar-refractivity contribution in [3.8, 4) is 0 Å². The summed E-state index contributed by atoms with van der Waals surface area (Å²) in [5.74, 6) is -0.181. The fourth-order valence-electron chi connectivity index (χ4n) is 5.40. The second-order valence-corrected chi connectivity index (χ2v) is 15.8. The van der Waals surface area contributed by atoms with E-state index in [9.17, 15) is 19.4 Å². The van der Waals surface area contributed by atoms with E-state index in [2.05, 4.69) is 31.3 Å². The minimum Gasteiger partial charge on any atom is -0.391 e. The maximum atomic E-state index is 12.7. The molecule has 9 heteroatoms. The zero-order chi connectivity index (χ0) is 34.4. The quantitative estimate of drug-likeness (QED) is 0.0272. The van der Waals surface area contributed by atoms with Crippen LogP contribution in [0.25, 0.3) is 0 Å². The number of nitrogens with zero attached hydrogens (tertiary/aromatic N) is 1. The zero-order valence-electron chi connectivity index (χ0n) is 30.8. The highest BCUT2D eigenvalue weighted by Crippen LogP contribution is 2.43. The lowest BCUT2D eigenvalue weighted by Gasteiger charge is -2.26. The minimum absolute atomic E-state index is 0.0715. The predicted molar refractivity (Wildman–Crippen MR) is 194 cm³/mol. The van der Waals surface area contributed by atoms with Gasteiger partial charge in [0.05, 0.1) is 39.9 Å². The van der Waals surface area contributed by atoms with E-state index >= 15 is 0 Å². The van der Waals surface area contributed by atoms with Gasteiger partial charge in [0.1, 0.15) is 13.2 Å². The molecule has 274 valence electrons. The van der Waals surface area contributed by atoms with Gasteiger partial charge >= 0.3 is 7.82 Å². The summed E-state index contributed by atoms with van der Waals surface area (Å²) in [4.78, 5) is 22.9. The molecule has 0 bridgehead atoms. The van der Waals surface area contributed by atoms with Gasteiger partial charge in [-0.05, 0) is 32.1 Å². The van der Waals surface area contributed by atoms with Gasteiger partial charge in [-0.15, -0.1) is 0 Å². The number of carbonyl (C=O) groups excluding carboxylic acids is 1. The first-order valence-corrected chi connectivity index (χ1v) is 20.5. The lowest BCUT2D eigenvalue weighted by atomic mass is 10.0. The largest absolute Gasteiger partial charge is 0.472 e. The van der Waals surface area contributed by atoms with Gasteiger partial charge in [0.2, 0.25) is 5.91 Å². The minimum atomic E-state index is -4.30. The lowest BCUT2D eigenvalue weighted by Crippen LogP contribution is -2.46. The van der Waals surface area contributed by atoms with Crippen molar-refractivity contribution in [3.63, 3.8) is 0 Å². The van der Waals surface area contributed by atoms with Gasteiger partial charge in [0.15, 0.2) is 0 Å². The van der Waals surface area contributed by atoms with Gasteiger partial charge in [-0.2, -0.15) is 0 Å². The van der Waals surface area contributed by atoms with Crippen molar-refractivity contribution in [3.05, 3.63) is 12.2 Å². The molecule has 46 heavy (non-hydrogen) atoms. The number of aliphatic hydroxyl groups excluding tert-OH is 1. The number of carbonyl (C=O) groups is 1. The Morgan fingerprint density at radius 1 is 0.717 bits per heavy atom. The van der Waals surface area contributed by atoms with E-state index in [0.717, 1.165) is 32.1 Å². The summed E-state index contributed by atoms with van der Waals surface area (Å²) in [7, 11) is 1.60. The summed E-state index contributed by atoms with van der Waals surface area (Å²) in [6, 6.07) is -0.768. The Bertz CT molecular complexity index is 773. The molecule has 0 spiro atoms.